The van der Waals surface area contributed by atoms with Crippen LogP contribution in [-0.2, 0) is 0 Å². The zero-order valence-electron chi connectivity index (χ0n) is 8.40. The Morgan fingerprint density at radius 1 is 1.59 bits per heavy atom. The molecule has 1 heterocycles. The van der Waals surface area contributed by atoms with Crippen LogP contribution in [0.3, 0.4) is 0 Å². The molecule has 0 aromatic carbocycles. The molecule has 0 saturated carbocycles. The van der Waals surface area contributed by atoms with Crippen LogP contribution in [0.25, 0.3) is 0 Å². The monoisotopic (exact) mass is 270 g/mol. The third kappa shape index (κ3) is 3.70. The SMILES string of the molecule is CN(CC(F)(F)F)c1nc(Cl)ncc1[N+](=O)[O-]. The number of rotatable bonds is 3. The highest BCUT2D eigenvalue weighted by Gasteiger charge is 2.32. The van der Waals surface area contributed by atoms with Gasteiger partial charge in [-0.15, -0.1) is 0 Å². The van der Waals surface area contributed by atoms with Gasteiger partial charge in [-0.1, -0.05) is 0 Å². The molecule has 10 heteroatoms. The number of hydrogen-bond donors (Lipinski definition) is 0. The Balaban J connectivity index is 3.10. The Morgan fingerprint density at radius 3 is 2.65 bits per heavy atom. The number of hydrogen-bond acceptors (Lipinski definition) is 5. The van der Waals surface area contributed by atoms with E-state index in [0.29, 0.717) is 4.90 Å². The van der Waals surface area contributed by atoms with Crippen molar-refractivity contribution in [2.75, 3.05) is 18.5 Å². The van der Waals surface area contributed by atoms with Crippen molar-refractivity contribution in [3.05, 3.63) is 21.6 Å². The molecule has 94 valence electrons. The van der Waals surface area contributed by atoms with E-state index in [9.17, 15) is 23.3 Å². The zero-order chi connectivity index (χ0) is 13.2. The first-order valence-corrected chi connectivity index (χ1v) is 4.53. The summed E-state index contributed by atoms with van der Waals surface area (Å²) in [6.07, 6.45) is -3.74. The molecular weight excluding hydrogens is 265 g/mol. The average Bonchev–Trinajstić information content (AvgIpc) is 2.14. The quantitative estimate of drug-likeness (QED) is 0.477. The molecule has 1 aromatic rings. The largest absolute Gasteiger partial charge is 0.405 e. The third-order valence-electron chi connectivity index (χ3n) is 1.70. The van der Waals surface area contributed by atoms with Crippen LogP contribution in [0.5, 0.6) is 0 Å². The summed E-state index contributed by atoms with van der Waals surface area (Å²) in [5, 5.41) is 10.2. The van der Waals surface area contributed by atoms with E-state index in [0.717, 1.165) is 13.2 Å². The second-order valence-electron chi connectivity index (χ2n) is 3.08. The van der Waals surface area contributed by atoms with Crippen LogP contribution in [0.4, 0.5) is 24.7 Å². The predicted molar refractivity (Wildman–Crippen MR) is 53.0 cm³/mol. The minimum atomic E-state index is -4.50. The predicted octanol–water partition coefficient (Wildman–Crippen LogP) is 2.04. The second kappa shape index (κ2) is 4.70. The van der Waals surface area contributed by atoms with Crippen LogP contribution >= 0.6 is 11.6 Å². The lowest BCUT2D eigenvalue weighted by atomic mass is 10.4. The fraction of sp³-hybridized carbons (Fsp3) is 0.429. The van der Waals surface area contributed by atoms with Gasteiger partial charge in [-0.25, -0.2) is 4.98 Å². The topological polar surface area (TPSA) is 72.2 Å². The highest BCUT2D eigenvalue weighted by molar-refractivity contribution is 6.28. The standard InChI is InChI=1S/C7H6ClF3N4O2/c1-14(3-7(9,10)11)5-4(15(16)17)2-12-6(8)13-5/h2H,3H2,1H3. The Bertz CT molecular complexity index is 440. The van der Waals surface area contributed by atoms with E-state index in [1.54, 1.807) is 0 Å². The summed E-state index contributed by atoms with van der Waals surface area (Å²) in [6, 6.07) is 0. The van der Waals surface area contributed by atoms with E-state index >= 15 is 0 Å². The van der Waals surface area contributed by atoms with Crippen molar-refractivity contribution in [3.8, 4) is 0 Å². The van der Waals surface area contributed by atoms with E-state index in [4.69, 9.17) is 11.6 Å². The smallest absolute Gasteiger partial charge is 0.345 e. The molecule has 0 radical (unpaired) electrons. The van der Waals surface area contributed by atoms with Crippen molar-refractivity contribution >= 4 is 23.1 Å². The van der Waals surface area contributed by atoms with Crippen molar-refractivity contribution in [1.29, 1.82) is 0 Å². The van der Waals surface area contributed by atoms with Crippen molar-refractivity contribution in [2.24, 2.45) is 0 Å². The highest BCUT2D eigenvalue weighted by Crippen LogP contribution is 2.27. The number of halogens is 4. The van der Waals surface area contributed by atoms with E-state index in [1.165, 1.54) is 0 Å². The van der Waals surface area contributed by atoms with Gasteiger partial charge in [0.25, 0.3) is 0 Å². The summed E-state index contributed by atoms with van der Waals surface area (Å²) in [6.45, 7) is -1.37. The molecular formula is C7H6ClF3N4O2. The summed E-state index contributed by atoms with van der Waals surface area (Å²) in [5.41, 5.74) is -0.638. The van der Waals surface area contributed by atoms with Crippen molar-refractivity contribution < 1.29 is 18.1 Å². The molecule has 0 amide bonds. The van der Waals surface area contributed by atoms with Crippen LogP contribution in [0.1, 0.15) is 0 Å². The number of nitro groups is 1. The Hall–Kier alpha value is -1.64. The molecule has 0 saturated heterocycles. The molecule has 1 aromatic heterocycles. The minimum Gasteiger partial charge on any atom is -0.345 e. The maximum atomic E-state index is 12.1. The number of anilines is 1. The van der Waals surface area contributed by atoms with Crippen LogP contribution in [0.15, 0.2) is 6.20 Å². The van der Waals surface area contributed by atoms with E-state index in [-0.39, 0.29) is 5.28 Å². The Labute approximate surface area is 98.2 Å². The van der Waals surface area contributed by atoms with Gasteiger partial charge < -0.3 is 4.90 Å². The average molecular weight is 271 g/mol. The van der Waals surface area contributed by atoms with Gasteiger partial charge in [-0.05, 0) is 11.6 Å². The molecule has 0 fully saturated rings. The minimum absolute atomic E-state index is 0.361. The first-order chi connectivity index (χ1) is 7.70. The molecule has 0 aliphatic carbocycles. The summed E-state index contributed by atoms with van der Waals surface area (Å²) < 4.78 is 36.4. The fourth-order valence-corrected chi connectivity index (χ4v) is 1.23. The van der Waals surface area contributed by atoms with E-state index < -0.39 is 29.1 Å². The Kier molecular flexibility index (Phi) is 3.71. The molecule has 0 unspecified atom stereocenters. The summed E-state index contributed by atoms with van der Waals surface area (Å²) in [5.74, 6) is -0.479. The van der Waals surface area contributed by atoms with E-state index in [1.807, 2.05) is 0 Å². The molecule has 1 rings (SSSR count). The van der Waals surface area contributed by atoms with Gasteiger partial charge in [-0.2, -0.15) is 18.2 Å². The molecule has 0 aliphatic rings. The third-order valence-corrected chi connectivity index (χ3v) is 1.88. The van der Waals surface area contributed by atoms with Crippen LogP contribution in [0.2, 0.25) is 5.28 Å². The van der Waals surface area contributed by atoms with Crippen molar-refractivity contribution in [3.63, 3.8) is 0 Å². The van der Waals surface area contributed by atoms with Crippen molar-refractivity contribution in [2.45, 2.75) is 6.18 Å². The summed E-state index contributed by atoms with van der Waals surface area (Å²) in [4.78, 5) is 17.1. The molecule has 0 bridgehead atoms. The van der Waals surface area contributed by atoms with Gasteiger partial charge in [0.05, 0.1) is 4.92 Å². The van der Waals surface area contributed by atoms with Gasteiger partial charge in [0, 0.05) is 7.05 Å². The van der Waals surface area contributed by atoms with E-state index in [2.05, 4.69) is 9.97 Å². The Morgan fingerprint density at radius 2 is 2.18 bits per heavy atom. The lowest BCUT2D eigenvalue weighted by molar-refractivity contribution is -0.384. The van der Waals surface area contributed by atoms with Gasteiger partial charge in [0.1, 0.15) is 12.7 Å². The first-order valence-electron chi connectivity index (χ1n) is 4.15. The summed E-state index contributed by atoms with van der Waals surface area (Å²) >= 11 is 5.38. The molecule has 0 atom stereocenters. The molecule has 17 heavy (non-hydrogen) atoms. The molecule has 0 N–H and O–H groups in total. The molecule has 0 spiro atoms. The van der Waals surface area contributed by atoms with Crippen molar-refractivity contribution in [1.82, 2.24) is 9.97 Å². The number of aromatic nitrogens is 2. The van der Waals surface area contributed by atoms with Gasteiger partial charge >= 0.3 is 11.9 Å². The highest BCUT2D eigenvalue weighted by atomic mass is 35.5. The normalized spacial score (nSPS) is 11.4. The maximum Gasteiger partial charge on any atom is 0.405 e. The molecule has 0 aliphatic heterocycles. The van der Waals surface area contributed by atoms with Crippen LogP contribution in [0, 0.1) is 10.1 Å². The van der Waals surface area contributed by atoms with Crippen LogP contribution in [-0.4, -0.2) is 34.7 Å². The second-order valence-corrected chi connectivity index (χ2v) is 3.41. The fourth-order valence-electron chi connectivity index (χ4n) is 1.10. The lowest BCUT2D eigenvalue weighted by Crippen LogP contribution is -2.32. The van der Waals surface area contributed by atoms with Gasteiger partial charge in [-0.3, -0.25) is 10.1 Å². The molecule has 6 nitrogen and oxygen atoms in total. The first kappa shape index (κ1) is 13.4. The zero-order valence-corrected chi connectivity index (χ0v) is 9.16. The summed E-state index contributed by atoms with van der Waals surface area (Å²) in [7, 11) is 1.03. The maximum absolute atomic E-state index is 12.1. The van der Waals surface area contributed by atoms with Gasteiger partial charge in [0.2, 0.25) is 11.1 Å². The number of nitrogens with zero attached hydrogens (tertiary/aromatic N) is 4. The lowest BCUT2D eigenvalue weighted by Gasteiger charge is -2.19. The number of alkyl halides is 3. The van der Waals surface area contributed by atoms with Gasteiger partial charge in [0.15, 0.2) is 0 Å². The van der Waals surface area contributed by atoms with Crippen LogP contribution < -0.4 is 4.90 Å².